The van der Waals surface area contributed by atoms with Crippen LogP contribution in [0.5, 0.6) is 0 Å². The van der Waals surface area contributed by atoms with Gasteiger partial charge in [-0.3, -0.25) is 4.79 Å². The molecule has 24 heavy (non-hydrogen) atoms. The summed E-state index contributed by atoms with van der Waals surface area (Å²) in [6.07, 6.45) is 0. The van der Waals surface area contributed by atoms with Crippen molar-refractivity contribution in [2.75, 3.05) is 20.7 Å². The van der Waals surface area contributed by atoms with E-state index in [1.807, 2.05) is 20.8 Å². The molecular formula is C16H24N2O5S. The van der Waals surface area contributed by atoms with Gasteiger partial charge in [0, 0.05) is 20.1 Å². The van der Waals surface area contributed by atoms with E-state index in [4.69, 9.17) is 4.74 Å². The lowest BCUT2D eigenvalue weighted by Gasteiger charge is -2.17. The Hall–Kier alpha value is -1.93. The number of hydrogen-bond donors (Lipinski definition) is 1. The molecule has 1 N–H and O–H groups in total. The van der Waals surface area contributed by atoms with E-state index in [0.29, 0.717) is 0 Å². The predicted octanol–water partition coefficient (Wildman–Crippen LogP) is 1.25. The van der Waals surface area contributed by atoms with Crippen LogP contribution in [0.15, 0.2) is 29.2 Å². The second kappa shape index (κ2) is 8.25. The monoisotopic (exact) mass is 356 g/mol. The smallest absolute Gasteiger partial charge is 0.338 e. The van der Waals surface area contributed by atoms with E-state index in [1.54, 1.807) is 0 Å². The first kappa shape index (κ1) is 20.1. The van der Waals surface area contributed by atoms with E-state index >= 15 is 0 Å². The van der Waals surface area contributed by atoms with Crippen molar-refractivity contribution in [3.63, 3.8) is 0 Å². The Morgan fingerprint density at radius 2 is 1.83 bits per heavy atom. The van der Waals surface area contributed by atoms with E-state index in [1.165, 1.54) is 38.4 Å². The normalized spacial score (nSPS) is 13.0. The summed E-state index contributed by atoms with van der Waals surface area (Å²) < 4.78 is 30.1. The second-order valence-electron chi connectivity index (χ2n) is 5.99. The lowest BCUT2D eigenvalue weighted by molar-refractivity contribution is -0.125. The third-order valence-corrected chi connectivity index (χ3v) is 5.38. The first-order valence-corrected chi connectivity index (χ1v) is 8.98. The first-order chi connectivity index (χ1) is 11.1. The highest BCUT2D eigenvalue weighted by Gasteiger charge is 2.20. The molecule has 1 rings (SSSR count). The fourth-order valence-electron chi connectivity index (χ4n) is 1.67. The van der Waals surface area contributed by atoms with Crippen LogP contribution in [0.2, 0.25) is 0 Å². The molecule has 0 spiro atoms. The molecule has 0 saturated carbocycles. The number of hydrogen-bond acceptors (Lipinski definition) is 5. The fourth-order valence-corrected chi connectivity index (χ4v) is 2.62. The van der Waals surface area contributed by atoms with Gasteiger partial charge in [0.05, 0.1) is 10.5 Å². The molecule has 1 aromatic rings. The van der Waals surface area contributed by atoms with Crippen LogP contribution < -0.4 is 5.32 Å². The largest absolute Gasteiger partial charge is 0.452 e. The van der Waals surface area contributed by atoms with Crippen LogP contribution >= 0.6 is 0 Å². The summed E-state index contributed by atoms with van der Waals surface area (Å²) >= 11 is 0. The standard InChI is InChI=1S/C16H24N2O5S/c1-11(2)12(3)17-15(19)10-23-16(20)13-7-6-8-14(9-13)24(21,22)18(4)5/h6-9,11-12H,10H2,1-5H3,(H,17,19)/t12-/m1/s1. The average Bonchev–Trinajstić information content (AvgIpc) is 2.52. The maximum absolute atomic E-state index is 12.1. The van der Waals surface area contributed by atoms with Crippen molar-refractivity contribution in [3.05, 3.63) is 29.8 Å². The molecule has 7 nitrogen and oxygen atoms in total. The summed E-state index contributed by atoms with van der Waals surface area (Å²) in [6, 6.07) is 5.47. The summed E-state index contributed by atoms with van der Waals surface area (Å²) in [5.41, 5.74) is 0.0719. The second-order valence-corrected chi connectivity index (χ2v) is 8.14. The first-order valence-electron chi connectivity index (χ1n) is 7.54. The maximum Gasteiger partial charge on any atom is 0.338 e. The van der Waals surface area contributed by atoms with E-state index in [2.05, 4.69) is 5.32 Å². The number of esters is 1. The molecule has 0 aliphatic carbocycles. The summed E-state index contributed by atoms with van der Waals surface area (Å²) in [5.74, 6) is -0.891. The van der Waals surface area contributed by atoms with Crippen LogP contribution in [0.4, 0.5) is 0 Å². The third-order valence-electron chi connectivity index (χ3n) is 3.57. The van der Waals surface area contributed by atoms with Crippen molar-refractivity contribution in [1.82, 2.24) is 9.62 Å². The van der Waals surface area contributed by atoms with Gasteiger partial charge in [-0.05, 0) is 31.0 Å². The lowest BCUT2D eigenvalue weighted by atomic mass is 10.1. The van der Waals surface area contributed by atoms with E-state index in [9.17, 15) is 18.0 Å². The van der Waals surface area contributed by atoms with Crippen molar-refractivity contribution in [2.45, 2.75) is 31.7 Å². The summed E-state index contributed by atoms with van der Waals surface area (Å²) in [6.45, 7) is 5.38. The Kier molecular flexibility index (Phi) is 6.92. The zero-order chi connectivity index (χ0) is 18.5. The molecule has 0 aliphatic rings. The van der Waals surface area contributed by atoms with Crippen molar-refractivity contribution in [3.8, 4) is 0 Å². The highest BCUT2D eigenvalue weighted by Crippen LogP contribution is 2.15. The summed E-state index contributed by atoms with van der Waals surface area (Å²) in [7, 11) is -0.837. The Bertz CT molecular complexity index is 698. The molecule has 0 heterocycles. The number of carbonyl (C=O) groups excluding carboxylic acids is 2. The average molecular weight is 356 g/mol. The number of benzene rings is 1. The fraction of sp³-hybridized carbons (Fsp3) is 0.500. The number of nitrogens with zero attached hydrogens (tertiary/aromatic N) is 1. The topological polar surface area (TPSA) is 92.8 Å². The molecule has 1 amide bonds. The number of nitrogens with one attached hydrogen (secondary N) is 1. The molecule has 0 bridgehead atoms. The number of amides is 1. The van der Waals surface area contributed by atoms with Gasteiger partial charge in [0.25, 0.3) is 5.91 Å². The molecule has 1 atom stereocenters. The van der Waals surface area contributed by atoms with Crippen LogP contribution in [0.1, 0.15) is 31.1 Å². The highest BCUT2D eigenvalue weighted by atomic mass is 32.2. The Morgan fingerprint density at radius 3 is 2.38 bits per heavy atom. The summed E-state index contributed by atoms with van der Waals surface area (Å²) in [5, 5.41) is 2.72. The van der Waals surface area contributed by atoms with Crippen LogP contribution in [-0.4, -0.2) is 51.3 Å². The minimum absolute atomic E-state index is 0.0140. The van der Waals surface area contributed by atoms with Crippen LogP contribution in [0, 0.1) is 5.92 Å². The zero-order valence-corrected chi connectivity index (χ0v) is 15.4. The van der Waals surface area contributed by atoms with Gasteiger partial charge in [0.15, 0.2) is 6.61 Å². The van der Waals surface area contributed by atoms with Gasteiger partial charge in [-0.15, -0.1) is 0 Å². The molecule has 0 aliphatic heterocycles. The molecule has 0 saturated heterocycles. The Morgan fingerprint density at radius 1 is 1.21 bits per heavy atom. The predicted molar refractivity (Wildman–Crippen MR) is 90.0 cm³/mol. The van der Waals surface area contributed by atoms with E-state index in [0.717, 1.165) is 4.31 Å². The van der Waals surface area contributed by atoms with Crippen molar-refractivity contribution in [2.24, 2.45) is 5.92 Å². The quantitative estimate of drug-likeness (QED) is 0.742. The molecular weight excluding hydrogens is 332 g/mol. The maximum atomic E-state index is 12.1. The van der Waals surface area contributed by atoms with Gasteiger partial charge < -0.3 is 10.1 Å². The number of rotatable bonds is 7. The molecule has 0 fully saturated rings. The van der Waals surface area contributed by atoms with Crippen molar-refractivity contribution in [1.29, 1.82) is 0 Å². The SMILES string of the molecule is CC(C)[C@@H](C)NC(=O)COC(=O)c1cccc(S(=O)(=O)N(C)C)c1. The number of sulfonamides is 1. The zero-order valence-electron chi connectivity index (χ0n) is 14.6. The van der Waals surface area contributed by atoms with Gasteiger partial charge in [0.2, 0.25) is 10.0 Å². The van der Waals surface area contributed by atoms with Gasteiger partial charge >= 0.3 is 5.97 Å². The van der Waals surface area contributed by atoms with E-state index < -0.39 is 28.5 Å². The molecule has 134 valence electrons. The number of carbonyl (C=O) groups is 2. The highest BCUT2D eigenvalue weighted by molar-refractivity contribution is 7.89. The van der Waals surface area contributed by atoms with Crippen LogP contribution in [-0.2, 0) is 19.6 Å². The van der Waals surface area contributed by atoms with Gasteiger partial charge in [0.1, 0.15) is 0 Å². The molecule has 0 radical (unpaired) electrons. The molecule has 1 aromatic carbocycles. The van der Waals surface area contributed by atoms with Crippen molar-refractivity contribution < 1.29 is 22.7 Å². The van der Waals surface area contributed by atoms with Crippen LogP contribution in [0.25, 0.3) is 0 Å². The molecule has 0 aromatic heterocycles. The number of ether oxygens (including phenoxy) is 1. The Balaban J connectivity index is 2.75. The lowest BCUT2D eigenvalue weighted by Crippen LogP contribution is -2.38. The van der Waals surface area contributed by atoms with Gasteiger partial charge in [-0.2, -0.15) is 0 Å². The minimum atomic E-state index is -3.64. The third kappa shape index (κ3) is 5.31. The summed E-state index contributed by atoms with van der Waals surface area (Å²) in [4.78, 5) is 23.7. The Labute approximate surface area is 143 Å². The minimum Gasteiger partial charge on any atom is -0.452 e. The van der Waals surface area contributed by atoms with Gasteiger partial charge in [-0.25, -0.2) is 17.5 Å². The van der Waals surface area contributed by atoms with E-state index in [-0.39, 0.29) is 22.4 Å². The molecule has 8 heteroatoms. The van der Waals surface area contributed by atoms with Crippen LogP contribution in [0.3, 0.4) is 0 Å². The molecule has 0 unspecified atom stereocenters. The van der Waals surface area contributed by atoms with Gasteiger partial charge in [-0.1, -0.05) is 19.9 Å². The van der Waals surface area contributed by atoms with Crippen molar-refractivity contribution >= 4 is 21.9 Å².